The van der Waals surface area contributed by atoms with E-state index < -0.39 is 0 Å². The fraction of sp³-hybridized carbons (Fsp3) is 0.188. The Balaban J connectivity index is 0.000000648. The zero-order valence-electron chi connectivity index (χ0n) is 13.7. The topological polar surface area (TPSA) is 107 Å². The van der Waals surface area contributed by atoms with E-state index in [1.54, 1.807) is 25.0 Å². The Morgan fingerprint density at radius 3 is 2.62 bits per heavy atom. The van der Waals surface area contributed by atoms with Gasteiger partial charge < -0.3 is 16.8 Å². The molecule has 6 nitrogen and oxygen atoms in total. The number of nitrogens with one attached hydrogen (secondary N) is 1. The molecule has 0 aliphatic rings. The van der Waals surface area contributed by atoms with Crippen molar-refractivity contribution in [2.75, 3.05) is 19.0 Å². The minimum Gasteiger partial charge on any atom is -0.397 e. The van der Waals surface area contributed by atoms with Crippen molar-refractivity contribution in [1.82, 2.24) is 15.3 Å². The van der Waals surface area contributed by atoms with Crippen LogP contribution in [0.4, 0.5) is 5.95 Å². The average Bonchev–Trinajstić information content (AvgIpc) is 2.60. The van der Waals surface area contributed by atoms with Crippen molar-refractivity contribution in [3.63, 3.8) is 0 Å². The van der Waals surface area contributed by atoms with Gasteiger partial charge in [0.25, 0.3) is 0 Å². The van der Waals surface area contributed by atoms with Crippen LogP contribution in [0.15, 0.2) is 35.4 Å². The van der Waals surface area contributed by atoms with Crippen LogP contribution in [0.3, 0.4) is 0 Å². The fourth-order valence-corrected chi connectivity index (χ4v) is 2.27. The Kier molecular flexibility index (Phi) is 8.08. The molecule has 0 saturated heterocycles. The van der Waals surface area contributed by atoms with Gasteiger partial charge in [0, 0.05) is 34.3 Å². The van der Waals surface area contributed by atoms with Gasteiger partial charge in [-0.2, -0.15) is 0 Å². The summed E-state index contributed by atoms with van der Waals surface area (Å²) in [4.78, 5) is 18.4. The predicted octanol–water partition coefficient (Wildman–Crippen LogP) is 2.75. The van der Waals surface area contributed by atoms with Crippen LogP contribution in [-0.2, 0) is 4.79 Å². The number of benzene rings is 1. The molecular weight excluding hydrogens is 346 g/mol. The minimum absolute atomic E-state index is 0.207. The van der Waals surface area contributed by atoms with Gasteiger partial charge in [-0.25, -0.2) is 9.97 Å². The molecule has 1 aromatic carbocycles. The number of nitrogens with zero attached hydrogens (tertiary/aromatic N) is 2. The number of nitrogens with two attached hydrogens (primary N) is 2. The number of nitrogen functional groups attached to an aromatic ring is 1. The number of amides is 1. The summed E-state index contributed by atoms with van der Waals surface area (Å²) in [5, 5.41) is 2.88. The van der Waals surface area contributed by atoms with Gasteiger partial charge in [0.05, 0.1) is 11.4 Å². The van der Waals surface area contributed by atoms with E-state index in [1.807, 2.05) is 37.4 Å². The first kappa shape index (κ1) is 19.8. The van der Waals surface area contributed by atoms with Crippen LogP contribution in [0.1, 0.15) is 12.5 Å². The van der Waals surface area contributed by atoms with E-state index in [1.165, 1.54) is 0 Å². The molecule has 1 aromatic heterocycles. The molecule has 24 heavy (non-hydrogen) atoms. The number of allylic oxidation sites excluding steroid dienone is 1. The molecule has 0 bridgehead atoms. The van der Waals surface area contributed by atoms with Crippen molar-refractivity contribution in [1.29, 1.82) is 0 Å². The molecule has 0 atom stereocenters. The Morgan fingerprint density at radius 2 is 2.08 bits per heavy atom. The third-order valence-corrected chi connectivity index (χ3v) is 4.07. The maximum atomic E-state index is 9.06. The van der Waals surface area contributed by atoms with Crippen LogP contribution in [0, 0.1) is 0 Å². The van der Waals surface area contributed by atoms with Gasteiger partial charge in [-0.15, -0.1) is 11.8 Å². The number of rotatable bonds is 4. The second-order valence-corrected chi connectivity index (χ2v) is 6.04. The molecule has 0 aliphatic heterocycles. The second kappa shape index (κ2) is 9.79. The van der Waals surface area contributed by atoms with E-state index in [4.69, 9.17) is 27.9 Å². The fourth-order valence-electron chi connectivity index (χ4n) is 1.75. The lowest BCUT2D eigenvalue weighted by Gasteiger charge is -2.11. The summed E-state index contributed by atoms with van der Waals surface area (Å²) in [5.74, 6) is 0.207. The molecule has 1 amide bonds. The maximum Gasteiger partial charge on any atom is 0.220 e. The molecule has 128 valence electrons. The lowest BCUT2D eigenvalue weighted by molar-refractivity contribution is -0.109. The molecule has 2 rings (SSSR count). The summed E-state index contributed by atoms with van der Waals surface area (Å²) in [6, 6.07) is 7.41. The molecule has 0 aliphatic carbocycles. The van der Waals surface area contributed by atoms with Crippen molar-refractivity contribution < 1.29 is 4.79 Å². The van der Waals surface area contributed by atoms with E-state index in [2.05, 4.69) is 15.3 Å². The number of carbonyl (C=O) groups is 1. The Morgan fingerprint density at radius 1 is 1.42 bits per heavy atom. The third kappa shape index (κ3) is 5.43. The molecule has 1 heterocycles. The Labute approximate surface area is 150 Å². The highest BCUT2D eigenvalue weighted by molar-refractivity contribution is 8.02. The van der Waals surface area contributed by atoms with Crippen molar-refractivity contribution in [3.05, 3.63) is 46.0 Å². The number of anilines is 1. The highest BCUT2D eigenvalue weighted by Gasteiger charge is 2.13. The van der Waals surface area contributed by atoms with Crippen LogP contribution in [0.2, 0.25) is 5.02 Å². The van der Waals surface area contributed by atoms with Gasteiger partial charge in [-0.1, -0.05) is 23.7 Å². The van der Waals surface area contributed by atoms with E-state index in [9.17, 15) is 0 Å². The van der Waals surface area contributed by atoms with Crippen LogP contribution >= 0.6 is 23.4 Å². The highest BCUT2D eigenvalue weighted by atomic mass is 35.5. The highest BCUT2D eigenvalue weighted by Crippen LogP contribution is 2.30. The molecule has 0 radical (unpaired) electrons. The largest absolute Gasteiger partial charge is 0.397 e. The van der Waals surface area contributed by atoms with Crippen LogP contribution in [-0.4, -0.2) is 29.7 Å². The number of halogens is 1. The molecule has 0 spiro atoms. The number of thioether (sulfide) groups is 1. The van der Waals surface area contributed by atoms with Gasteiger partial charge in [0.1, 0.15) is 0 Å². The summed E-state index contributed by atoms with van der Waals surface area (Å²) in [6.07, 6.45) is 4.24. The van der Waals surface area contributed by atoms with Crippen molar-refractivity contribution in [2.24, 2.45) is 5.73 Å². The minimum atomic E-state index is 0.207. The number of carbonyl (C=O) groups excluding carboxylic acids is 1. The number of aromatic nitrogens is 2. The first-order valence-corrected chi connectivity index (χ1v) is 8.54. The average molecular weight is 366 g/mol. The monoisotopic (exact) mass is 365 g/mol. The predicted molar refractivity (Wildman–Crippen MR) is 102 cm³/mol. The van der Waals surface area contributed by atoms with Gasteiger partial charge in [-0.3, -0.25) is 4.79 Å². The zero-order chi connectivity index (χ0) is 18.1. The SMILES string of the molecule is CNC=O.CS/C(C)=C(/N)c1cnc(N)nc1-c1cccc(Cl)c1. The summed E-state index contributed by atoms with van der Waals surface area (Å²) in [7, 11) is 1.56. The van der Waals surface area contributed by atoms with Crippen LogP contribution in [0.25, 0.3) is 17.0 Å². The van der Waals surface area contributed by atoms with E-state index in [-0.39, 0.29) is 5.95 Å². The number of hydrogen-bond acceptors (Lipinski definition) is 6. The zero-order valence-corrected chi connectivity index (χ0v) is 15.3. The molecule has 5 N–H and O–H groups in total. The second-order valence-electron chi connectivity index (χ2n) is 4.58. The van der Waals surface area contributed by atoms with Gasteiger partial charge in [0.2, 0.25) is 12.4 Å². The third-order valence-electron chi connectivity index (χ3n) is 3.00. The molecular formula is C16H20ClN5OS. The molecule has 2 aromatic rings. The summed E-state index contributed by atoms with van der Waals surface area (Å²) in [6.45, 7) is 1.96. The van der Waals surface area contributed by atoms with Crippen molar-refractivity contribution in [3.8, 4) is 11.3 Å². The van der Waals surface area contributed by atoms with Gasteiger partial charge in [-0.05, 0) is 25.3 Å². The van der Waals surface area contributed by atoms with Crippen molar-refractivity contribution >= 4 is 41.4 Å². The van der Waals surface area contributed by atoms with Crippen LogP contribution in [0.5, 0.6) is 0 Å². The van der Waals surface area contributed by atoms with E-state index >= 15 is 0 Å². The van der Waals surface area contributed by atoms with Crippen LogP contribution < -0.4 is 16.8 Å². The first-order valence-electron chi connectivity index (χ1n) is 6.94. The van der Waals surface area contributed by atoms with Gasteiger partial charge in [0.15, 0.2) is 0 Å². The molecule has 8 heteroatoms. The molecule has 0 fully saturated rings. The summed E-state index contributed by atoms with van der Waals surface area (Å²) in [5.41, 5.74) is 14.8. The maximum absolute atomic E-state index is 9.06. The molecule has 0 unspecified atom stereocenters. The summed E-state index contributed by atoms with van der Waals surface area (Å²) < 4.78 is 0. The van der Waals surface area contributed by atoms with Crippen molar-refractivity contribution in [2.45, 2.75) is 6.92 Å². The molecule has 0 saturated carbocycles. The lowest BCUT2D eigenvalue weighted by atomic mass is 10.1. The number of hydrogen-bond donors (Lipinski definition) is 3. The first-order chi connectivity index (χ1) is 11.4. The Bertz CT molecular complexity index is 736. The Hall–Kier alpha value is -2.25. The smallest absolute Gasteiger partial charge is 0.220 e. The quantitative estimate of drug-likeness (QED) is 0.719. The van der Waals surface area contributed by atoms with E-state index in [0.717, 1.165) is 16.0 Å². The van der Waals surface area contributed by atoms with Gasteiger partial charge >= 0.3 is 0 Å². The van der Waals surface area contributed by atoms with E-state index in [0.29, 0.717) is 22.8 Å². The standard InChI is InChI=1S/C14H15ClN4S.C2H5NO/c1-8(20-2)12(16)11-7-18-14(17)19-13(11)9-4-3-5-10(15)6-9;1-3-2-4/h3-7H,16H2,1-2H3,(H2,17,18,19);2H,1H3,(H,3,4)/b12-8+;. The normalized spacial score (nSPS) is 11.0. The lowest BCUT2D eigenvalue weighted by Crippen LogP contribution is -2.06. The summed E-state index contributed by atoms with van der Waals surface area (Å²) >= 11 is 7.61.